The standard InChI is InChI=1S/C16H19ClN2O/c17-14-7-5-4-6-13(14)12-10-18-19(11-12)15-8-2-1-3-9-16(15)20/h4-7,10-11,15-16,20H,1-3,8-9H2. The Bertz CT molecular complexity index is 581. The minimum absolute atomic E-state index is 0.0914. The van der Waals surface area contributed by atoms with Crippen molar-refractivity contribution >= 4 is 11.6 Å². The van der Waals surface area contributed by atoms with E-state index in [-0.39, 0.29) is 12.1 Å². The molecule has 106 valence electrons. The smallest absolute Gasteiger partial charge is 0.0778 e. The molecule has 3 nitrogen and oxygen atoms in total. The molecule has 3 rings (SSSR count). The Kier molecular flexibility index (Phi) is 4.08. The van der Waals surface area contributed by atoms with Crippen molar-refractivity contribution in [1.29, 1.82) is 0 Å². The molecular formula is C16H19ClN2O. The van der Waals surface area contributed by atoms with E-state index < -0.39 is 0 Å². The first-order valence-electron chi connectivity index (χ1n) is 7.23. The van der Waals surface area contributed by atoms with E-state index in [4.69, 9.17) is 11.6 Å². The Morgan fingerprint density at radius 3 is 2.80 bits per heavy atom. The summed E-state index contributed by atoms with van der Waals surface area (Å²) >= 11 is 6.22. The number of aromatic nitrogens is 2. The first kappa shape index (κ1) is 13.7. The summed E-state index contributed by atoms with van der Waals surface area (Å²) in [6, 6.07) is 7.86. The monoisotopic (exact) mass is 290 g/mol. The summed E-state index contributed by atoms with van der Waals surface area (Å²) in [7, 11) is 0. The molecule has 0 aliphatic heterocycles. The van der Waals surface area contributed by atoms with Gasteiger partial charge in [-0.25, -0.2) is 0 Å². The summed E-state index contributed by atoms with van der Waals surface area (Å²) < 4.78 is 1.91. The lowest BCUT2D eigenvalue weighted by molar-refractivity contribution is 0.0991. The summed E-state index contributed by atoms with van der Waals surface area (Å²) in [6.07, 6.45) is 8.86. The third kappa shape index (κ3) is 2.74. The van der Waals surface area contributed by atoms with Gasteiger partial charge in [-0.15, -0.1) is 0 Å². The molecule has 1 aliphatic rings. The topological polar surface area (TPSA) is 38.0 Å². The highest BCUT2D eigenvalue weighted by atomic mass is 35.5. The van der Waals surface area contributed by atoms with Gasteiger partial charge >= 0.3 is 0 Å². The molecule has 1 saturated carbocycles. The van der Waals surface area contributed by atoms with Crippen LogP contribution in [-0.2, 0) is 0 Å². The van der Waals surface area contributed by atoms with Crippen LogP contribution in [0.1, 0.15) is 38.1 Å². The third-order valence-electron chi connectivity index (χ3n) is 4.07. The molecule has 2 unspecified atom stereocenters. The van der Waals surface area contributed by atoms with Crippen LogP contribution >= 0.6 is 11.6 Å². The number of nitrogens with zero attached hydrogens (tertiary/aromatic N) is 2. The maximum Gasteiger partial charge on any atom is 0.0778 e. The van der Waals surface area contributed by atoms with E-state index in [1.54, 1.807) is 0 Å². The van der Waals surface area contributed by atoms with E-state index in [9.17, 15) is 5.11 Å². The van der Waals surface area contributed by atoms with Crippen LogP contribution in [0.4, 0.5) is 0 Å². The van der Waals surface area contributed by atoms with Crippen LogP contribution in [0.25, 0.3) is 11.1 Å². The van der Waals surface area contributed by atoms with Crippen molar-refractivity contribution in [2.75, 3.05) is 0 Å². The number of benzene rings is 1. The summed E-state index contributed by atoms with van der Waals surface area (Å²) in [5.41, 5.74) is 2.00. The predicted molar refractivity (Wildman–Crippen MR) is 80.8 cm³/mol. The maximum absolute atomic E-state index is 10.2. The summed E-state index contributed by atoms with van der Waals surface area (Å²) in [5.74, 6) is 0. The molecule has 0 amide bonds. The average molecular weight is 291 g/mol. The molecule has 0 saturated heterocycles. The van der Waals surface area contributed by atoms with Crippen LogP contribution in [0.2, 0.25) is 5.02 Å². The third-order valence-corrected chi connectivity index (χ3v) is 4.40. The highest BCUT2D eigenvalue weighted by molar-refractivity contribution is 6.33. The minimum Gasteiger partial charge on any atom is -0.391 e. The molecule has 1 fully saturated rings. The molecule has 1 aromatic heterocycles. The summed E-state index contributed by atoms with van der Waals surface area (Å²) in [5, 5.41) is 15.4. The van der Waals surface area contributed by atoms with E-state index in [1.165, 1.54) is 6.42 Å². The number of hydrogen-bond donors (Lipinski definition) is 1. The Morgan fingerprint density at radius 1 is 1.15 bits per heavy atom. The van der Waals surface area contributed by atoms with E-state index in [0.29, 0.717) is 0 Å². The van der Waals surface area contributed by atoms with Crippen molar-refractivity contribution in [3.8, 4) is 11.1 Å². The number of rotatable bonds is 2. The highest BCUT2D eigenvalue weighted by Gasteiger charge is 2.24. The normalized spacial score (nSPS) is 23.5. The van der Waals surface area contributed by atoms with Gasteiger partial charge in [0.05, 0.1) is 18.3 Å². The van der Waals surface area contributed by atoms with Gasteiger partial charge in [-0.05, 0) is 18.9 Å². The Labute approximate surface area is 124 Å². The molecule has 1 aromatic carbocycles. The zero-order valence-corrected chi connectivity index (χ0v) is 12.1. The van der Waals surface area contributed by atoms with E-state index in [1.807, 2.05) is 41.3 Å². The van der Waals surface area contributed by atoms with Gasteiger partial charge < -0.3 is 5.11 Å². The predicted octanol–water partition coefficient (Wildman–Crippen LogP) is 4.07. The van der Waals surface area contributed by atoms with Gasteiger partial charge in [-0.3, -0.25) is 4.68 Å². The van der Waals surface area contributed by atoms with Crippen molar-refractivity contribution in [1.82, 2.24) is 9.78 Å². The van der Waals surface area contributed by atoms with Gasteiger partial charge in [-0.1, -0.05) is 49.1 Å². The lowest BCUT2D eigenvalue weighted by Gasteiger charge is -2.20. The second-order valence-corrected chi connectivity index (χ2v) is 5.87. The Hall–Kier alpha value is -1.32. The van der Waals surface area contributed by atoms with Crippen LogP contribution < -0.4 is 0 Å². The zero-order valence-electron chi connectivity index (χ0n) is 11.4. The highest BCUT2D eigenvalue weighted by Crippen LogP contribution is 2.31. The summed E-state index contributed by atoms with van der Waals surface area (Å²) in [4.78, 5) is 0. The van der Waals surface area contributed by atoms with E-state index in [0.717, 1.165) is 41.8 Å². The number of aliphatic hydroxyl groups excluding tert-OH is 1. The summed E-state index contributed by atoms with van der Waals surface area (Å²) in [6.45, 7) is 0. The van der Waals surface area contributed by atoms with Gasteiger partial charge in [0.25, 0.3) is 0 Å². The number of aliphatic hydroxyl groups is 1. The van der Waals surface area contributed by atoms with Crippen molar-refractivity contribution in [2.45, 2.75) is 44.2 Å². The minimum atomic E-state index is -0.295. The Balaban J connectivity index is 1.88. The van der Waals surface area contributed by atoms with Gasteiger partial charge in [0.15, 0.2) is 0 Å². The molecule has 0 spiro atoms. The molecule has 2 atom stereocenters. The molecule has 2 aromatic rings. The second-order valence-electron chi connectivity index (χ2n) is 5.46. The number of hydrogen-bond acceptors (Lipinski definition) is 2. The zero-order chi connectivity index (χ0) is 13.9. The molecular weight excluding hydrogens is 272 g/mol. The van der Waals surface area contributed by atoms with Crippen molar-refractivity contribution in [3.05, 3.63) is 41.7 Å². The lowest BCUT2D eigenvalue weighted by atomic mass is 10.1. The largest absolute Gasteiger partial charge is 0.391 e. The van der Waals surface area contributed by atoms with Crippen LogP contribution in [0.15, 0.2) is 36.7 Å². The molecule has 0 radical (unpaired) electrons. The molecule has 1 aliphatic carbocycles. The molecule has 0 bridgehead atoms. The van der Waals surface area contributed by atoms with Gasteiger partial charge in [0.2, 0.25) is 0 Å². The van der Waals surface area contributed by atoms with E-state index in [2.05, 4.69) is 5.10 Å². The maximum atomic E-state index is 10.2. The molecule has 20 heavy (non-hydrogen) atoms. The lowest BCUT2D eigenvalue weighted by Crippen LogP contribution is -2.23. The fourth-order valence-electron chi connectivity index (χ4n) is 2.93. The van der Waals surface area contributed by atoms with Crippen molar-refractivity contribution < 1.29 is 5.11 Å². The van der Waals surface area contributed by atoms with Gasteiger partial charge in [-0.2, -0.15) is 5.10 Å². The van der Waals surface area contributed by atoms with Crippen molar-refractivity contribution in [3.63, 3.8) is 0 Å². The van der Waals surface area contributed by atoms with E-state index >= 15 is 0 Å². The number of halogens is 1. The van der Waals surface area contributed by atoms with Gasteiger partial charge in [0.1, 0.15) is 0 Å². The first-order chi connectivity index (χ1) is 9.75. The van der Waals surface area contributed by atoms with Crippen LogP contribution in [0.3, 0.4) is 0 Å². The fourth-order valence-corrected chi connectivity index (χ4v) is 3.18. The molecule has 1 N–H and O–H groups in total. The SMILES string of the molecule is OC1CCCCCC1n1cc(-c2ccccc2Cl)cn1. The van der Waals surface area contributed by atoms with Crippen LogP contribution in [0.5, 0.6) is 0 Å². The van der Waals surface area contributed by atoms with Crippen LogP contribution in [0, 0.1) is 0 Å². The average Bonchev–Trinajstić information content (AvgIpc) is 2.82. The Morgan fingerprint density at radius 2 is 1.95 bits per heavy atom. The quantitative estimate of drug-likeness (QED) is 0.847. The molecule has 1 heterocycles. The van der Waals surface area contributed by atoms with Crippen LogP contribution in [-0.4, -0.2) is 21.0 Å². The first-order valence-corrected chi connectivity index (χ1v) is 7.60. The second kappa shape index (κ2) is 5.98. The van der Waals surface area contributed by atoms with Gasteiger partial charge in [0, 0.05) is 22.3 Å². The van der Waals surface area contributed by atoms with Crippen molar-refractivity contribution in [2.24, 2.45) is 0 Å². The molecule has 4 heteroatoms. The fraction of sp³-hybridized carbons (Fsp3) is 0.438.